The highest BCUT2D eigenvalue weighted by Gasteiger charge is 2.44. The molecule has 1 aromatic rings. The number of sulfonamides is 1. The van der Waals surface area contributed by atoms with Gasteiger partial charge in [0.1, 0.15) is 10.6 Å². The third-order valence-corrected chi connectivity index (χ3v) is 7.95. The summed E-state index contributed by atoms with van der Waals surface area (Å²) in [6.07, 6.45) is -0.591. The third-order valence-electron chi connectivity index (χ3n) is 6.23. The molecule has 0 aromatic heterocycles. The molecule has 0 radical (unpaired) electrons. The van der Waals surface area contributed by atoms with E-state index < -0.39 is 44.9 Å². The minimum absolute atomic E-state index is 0.0349. The summed E-state index contributed by atoms with van der Waals surface area (Å²) in [4.78, 5) is 23.5. The van der Waals surface area contributed by atoms with E-state index in [1.54, 1.807) is 13.1 Å². The lowest BCUT2D eigenvalue weighted by molar-refractivity contribution is -0.153. The number of carbonyl (C=O) groups excluding carboxylic acids is 2. The van der Waals surface area contributed by atoms with Crippen molar-refractivity contribution in [2.75, 3.05) is 6.61 Å². The van der Waals surface area contributed by atoms with Crippen LogP contribution in [0.4, 0.5) is 13.2 Å². The molecular weight excluding hydrogens is 521 g/mol. The fourth-order valence-corrected chi connectivity index (χ4v) is 5.61. The van der Waals surface area contributed by atoms with E-state index in [0.717, 1.165) is 30.5 Å². The van der Waals surface area contributed by atoms with Gasteiger partial charge in [-0.1, -0.05) is 13.0 Å². The molecule has 14 heteroatoms. The van der Waals surface area contributed by atoms with E-state index in [1.165, 1.54) is 6.07 Å². The molecule has 1 heterocycles. The molecule has 2 aliphatic rings. The first-order chi connectivity index (χ1) is 16.8. The molecule has 1 aromatic carbocycles. The van der Waals surface area contributed by atoms with Crippen LogP contribution in [-0.4, -0.2) is 44.7 Å². The maximum Gasteiger partial charge on any atom is 0.422 e. The predicted octanol–water partition coefficient (Wildman–Crippen LogP) is 2.55. The molecule has 198 valence electrons. The first-order valence-electron chi connectivity index (χ1n) is 11.2. The summed E-state index contributed by atoms with van der Waals surface area (Å²) < 4.78 is 71.6. The van der Waals surface area contributed by atoms with Crippen LogP contribution in [0.2, 0.25) is 0 Å². The standard InChI is InChI=1S/C22H27F3N4O5S2/c1-3-21(13(2)10-26-19(21)31)9-16(27-12-30)14-4-7-17(34-11-22(23,24)25)18(8-14)36(32,33)29-20(35)28-15-5-6-15/h4,7-8,10,12,15-16H,3,5-6,9,11H2,1-2H3,(H,26,31)(H,27,30)(H2,28,29,35). The zero-order chi connectivity index (χ0) is 26.7. The minimum Gasteiger partial charge on any atom is -0.483 e. The van der Waals surface area contributed by atoms with Gasteiger partial charge in [0.15, 0.2) is 11.7 Å². The van der Waals surface area contributed by atoms with E-state index in [2.05, 4.69) is 20.7 Å². The van der Waals surface area contributed by atoms with E-state index in [0.29, 0.717) is 12.8 Å². The topological polar surface area (TPSA) is 126 Å². The Balaban J connectivity index is 2.00. The Bertz CT molecular complexity index is 1170. The summed E-state index contributed by atoms with van der Waals surface area (Å²) >= 11 is 5.03. The average Bonchev–Trinajstić information content (AvgIpc) is 3.56. The van der Waals surface area contributed by atoms with E-state index in [-0.39, 0.29) is 29.0 Å². The number of ether oxygens (including phenoxy) is 1. The first-order valence-corrected chi connectivity index (χ1v) is 13.0. The lowest BCUT2D eigenvalue weighted by Gasteiger charge is -2.31. The number of halogens is 3. The van der Waals surface area contributed by atoms with Crippen molar-refractivity contribution in [1.82, 2.24) is 20.7 Å². The number of benzene rings is 1. The fourth-order valence-electron chi connectivity index (χ4n) is 4.02. The zero-order valence-corrected chi connectivity index (χ0v) is 21.2. The highest BCUT2D eigenvalue weighted by molar-refractivity contribution is 7.92. The summed E-state index contributed by atoms with van der Waals surface area (Å²) in [5.41, 5.74) is 0.0335. The molecule has 0 bridgehead atoms. The van der Waals surface area contributed by atoms with E-state index >= 15 is 0 Å². The van der Waals surface area contributed by atoms with Gasteiger partial charge in [0, 0.05) is 12.2 Å². The number of thiocarbonyl (C=S) groups is 1. The molecule has 0 spiro atoms. The van der Waals surface area contributed by atoms with Crippen LogP contribution in [-0.2, 0) is 19.6 Å². The Labute approximate surface area is 212 Å². The molecule has 2 amide bonds. The van der Waals surface area contributed by atoms with Crippen LogP contribution in [0.15, 0.2) is 34.9 Å². The quantitative estimate of drug-likeness (QED) is 0.247. The normalized spacial score (nSPS) is 20.7. The summed E-state index contributed by atoms with van der Waals surface area (Å²) in [6.45, 7) is 1.86. The van der Waals surface area contributed by atoms with Crippen molar-refractivity contribution in [3.8, 4) is 5.75 Å². The van der Waals surface area contributed by atoms with Gasteiger partial charge in [0.25, 0.3) is 10.0 Å². The number of rotatable bonds is 11. The second-order valence-corrected chi connectivity index (χ2v) is 10.8. The molecule has 1 fully saturated rings. The lowest BCUT2D eigenvalue weighted by Crippen LogP contribution is -2.40. The van der Waals surface area contributed by atoms with Crippen molar-refractivity contribution >= 4 is 39.7 Å². The van der Waals surface area contributed by atoms with Crippen molar-refractivity contribution in [3.63, 3.8) is 0 Å². The smallest absolute Gasteiger partial charge is 0.422 e. The molecule has 4 N–H and O–H groups in total. The molecule has 36 heavy (non-hydrogen) atoms. The van der Waals surface area contributed by atoms with Crippen LogP contribution in [0.1, 0.15) is 51.1 Å². The SMILES string of the molecule is CCC1(CC(NC=O)c2ccc(OCC(F)(F)F)c(S(=O)(=O)NC(=S)NC3CC3)c2)C(=O)NC=C1C. The molecule has 2 atom stereocenters. The summed E-state index contributed by atoms with van der Waals surface area (Å²) in [5.74, 6) is -0.807. The second kappa shape index (κ2) is 10.6. The van der Waals surface area contributed by atoms with Crippen LogP contribution in [0.3, 0.4) is 0 Å². The summed E-state index contributed by atoms with van der Waals surface area (Å²) in [6, 6.07) is 2.75. The monoisotopic (exact) mass is 548 g/mol. The first kappa shape index (κ1) is 27.7. The van der Waals surface area contributed by atoms with Gasteiger partial charge in [-0.25, -0.2) is 8.42 Å². The van der Waals surface area contributed by atoms with Crippen molar-refractivity contribution in [1.29, 1.82) is 0 Å². The highest BCUT2D eigenvalue weighted by atomic mass is 32.2. The highest BCUT2D eigenvalue weighted by Crippen LogP contribution is 2.43. The van der Waals surface area contributed by atoms with Gasteiger partial charge in [0.2, 0.25) is 12.3 Å². The van der Waals surface area contributed by atoms with Crippen molar-refractivity contribution in [3.05, 3.63) is 35.5 Å². The Morgan fingerprint density at radius 1 is 1.36 bits per heavy atom. The maximum atomic E-state index is 13.1. The number of hydrogen-bond acceptors (Lipinski definition) is 6. The minimum atomic E-state index is -4.70. The van der Waals surface area contributed by atoms with E-state index in [9.17, 15) is 31.2 Å². The molecule has 9 nitrogen and oxygen atoms in total. The molecule has 1 aliphatic heterocycles. The largest absolute Gasteiger partial charge is 0.483 e. The van der Waals surface area contributed by atoms with Gasteiger partial charge < -0.3 is 20.7 Å². The van der Waals surface area contributed by atoms with Crippen LogP contribution >= 0.6 is 12.2 Å². The predicted molar refractivity (Wildman–Crippen MR) is 128 cm³/mol. The van der Waals surface area contributed by atoms with Gasteiger partial charge in [-0.2, -0.15) is 13.2 Å². The van der Waals surface area contributed by atoms with Crippen LogP contribution < -0.4 is 25.4 Å². The Kier molecular flexibility index (Phi) is 8.18. The summed E-state index contributed by atoms with van der Waals surface area (Å²) in [7, 11) is -4.47. The Morgan fingerprint density at radius 2 is 2.06 bits per heavy atom. The van der Waals surface area contributed by atoms with Gasteiger partial charge in [-0.3, -0.25) is 14.3 Å². The number of nitrogens with one attached hydrogen (secondary N) is 4. The number of carbonyl (C=O) groups is 2. The van der Waals surface area contributed by atoms with Gasteiger partial charge >= 0.3 is 6.18 Å². The third kappa shape index (κ3) is 6.46. The maximum absolute atomic E-state index is 13.1. The van der Waals surface area contributed by atoms with Crippen LogP contribution in [0, 0.1) is 5.41 Å². The molecule has 1 saturated carbocycles. The van der Waals surface area contributed by atoms with Crippen molar-refractivity contribution < 1.29 is 35.9 Å². The summed E-state index contributed by atoms with van der Waals surface area (Å²) in [5, 5.41) is 7.85. The Hall–Kier alpha value is -2.87. The number of amides is 2. The molecule has 3 rings (SSSR count). The molecule has 2 unspecified atom stereocenters. The molecule has 0 saturated heterocycles. The molecule has 1 aliphatic carbocycles. The van der Waals surface area contributed by atoms with Gasteiger partial charge in [-0.05, 0) is 68.1 Å². The lowest BCUT2D eigenvalue weighted by atomic mass is 9.73. The molecular formula is C22H27F3N4O5S2. The second-order valence-electron chi connectivity index (χ2n) is 8.74. The van der Waals surface area contributed by atoms with Gasteiger partial charge in [-0.15, -0.1) is 0 Å². The van der Waals surface area contributed by atoms with Crippen LogP contribution in [0.25, 0.3) is 0 Å². The fraction of sp³-hybridized carbons (Fsp3) is 0.500. The van der Waals surface area contributed by atoms with E-state index in [4.69, 9.17) is 17.0 Å². The van der Waals surface area contributed by atoms with E-state index in [1.807, 2.05) is 6.92 Å². The van der Waals surface area contributed by atoms with Crippen molar-refractivity contribution in [2.45, 2.75) is 62.7 Å². The van der Waals surface area contributed by atoms with Gasteiger partial charge in [0.05, 0.1) is 11.5 Å². The average molecular weight is 549 g/mol. The van der Waals surface area contributed by atoms with Crippen molar-refractivity contribution in [2.24, 2.45) is 5.41 Å². The Morgan fingerprint density at radius 3 is 2.58 bits per heavy atom. The van der Waals surface area contributed by atoms with Crippen LogP contribution in [0.5, 0.6) is 5.75 Å². The number of alkyl halides is 3. The zero-order valence-electron chi connectivity index (χ0n) is 19.6. The number of hydrogen-bond donors (Lipinski definition) is 4.